The lowest BCUT2D eigenvalue weighted by Gasteiger charge is -2.12. The largest absolute Gasteiger partial charge is 0.439 e. The Morgan fingerprint density at radius 3 is 2.63 bits per heavy atom. The summed E-state index contributed by atoms with van der Waals surface area (Å²) in [4.78, 5) is 4.37. The summed E-state index contributed by atoms with van der Waals surface area (Å²) in [5, 5.41) is 3.01. The van der Waals surface area contributed by atoms with Gasteiger partial charge in [0, 0.05) is 13.1 Å². The molecule has 2 rings (SSSR count). The number of nitrogens with one attached hydrogen (secondary N) is 1. The van der Waals surface area contributed by atoms with Crippen molar-refractivity contribution in [2.75, 3.05) is 12.4 Å². The van der Waals surface area contributed by atoms with E-state index in [1.54, 1.807) is 0 Å². The van der Waals surface area contributed by atoms with E-state index in [0.29, 0.717) is 11.8 Å². The van der Waals surface area contributed by atoms with Crippen molar-refractivity contribution >= 4 is 5.82 Å². The average molecular weight is 256 g/mol. The minimum atomic E-state index is 0.486. The van der Waals surface area contributed by atoms with Gasteiger partial charge in [0.05, 0.1) is 0 Å². The maximum absolute atomic E-state index is 5.89. The number of hydrogen-bond donors (Lipinski definition) is 1. The van der Waals surface area contributed by atoms with Crippen LogP contribution in [0, 0.1) is 6.92 Å². The van der Waals surface area contributed by atoms with E-state index in [2.05, 4.69) is 42.3 Å². The molecule has 1 aromatic carbocycles. The topological polar surface area (TPSA) is 34.1 Å². The molecule has 2 aromatic rings. The van der Waals surface area contributed by atoms with Crippen molar-refractivity contribution in [3.63, 3.8) is 0 Å². The molecule has 0 amide bonds. The molecule has 100 valence electrons. The van der Waals surface area contributed by atoms with E-state index < -0.39 is 0 Å². The van der Waals surface area contributed by atoms with Crippen molar-refractivity contribution in [2.24, 2.45) is 0 Å². The molecule has 3 nitrogen and oxygen atoms in total. The van der Waals surface area contributed by atoms with Crippen LogP contribution in [0.25, 0.3) is 0 Å². The number of ether oxygens (including phenoxy) is 1. The van der Waals surface area contributed by atoms with Crippen LogP contribution >= 0.6 is 0 Å². The highest BCUT2D eigenvalue weighted by molar-refractivity contribution is 5.42. The van der Waals surface area contributed by atoms with Crippen LogP contribution in [0.15, 0.2) is 36.4 Å². The average Bonchev–Trinajstić information content (AvgIpc) is 2.41. The monoisotopic (exact) mass is 256 g/mol. The Balaban J connectivity index is 2.29. The van der Waals surface area contributed by atoms with Crippen LogP contribution in [0.1, 0.15) is 30.9 Å². The molecule has 1 N–H and O–H groups in total. The van der Waals surface area contributed by atoms with Gasteiger partial charge in [0.1, 0.15) is 11.6 Å². The van der Waals surface area contributed by atoms with Gasteiger partial charge in [-0.3, -0.25) is 0 Å². The fourth-order valence-electron chi connectivity index (χ4n) is 1.81. The zero-order valence-corrected chi connectivity index (χ0v) is 11.9. The van der Waals surface area contributed by atoms with E-state index in [0.717, 1.165) is 17.1 Å². The fraction of sp³-hybridized carbons (Fsp3) is 0.312. The molecule has 0 radical (unpaired) electrons. The zero-order valence-electron chi connectivity index (χ0n) is 11.9. The summed E-state index contributed by atoms with van der Waals surface area (Å²) in [5.74, 6) is 2.76. The second kappa shape index (κ2) is 5.74. The lowest BCUT2D eigenvalue weighted by molar-refractivity contribution is 0.459. The van der Waals surface area contributed by atoms with Crippen LogP contribution in [-0.4, -0.2) is 12.0 Å². The molecule has 0 bridgehead atoms. The molecule has 0 aliphatic heterocycles. The highest BCUT2D eigenvalue weighted by Gasteiger charge is 2.07. The second-order valence-corrected chi connectivity index (χ2v) is 4.89. The van der Waals surface area contributed by atoms with E-state index >= 15 is 0 Å². The summed E-state index contributed by atoms with van der Waals surface area (Å²) in [6.07, 6.45) is 0. The predicted octanol–water partition coefficient (Wildman–Crippen LogP) is 4.35. The standard InChI is InChI=1S/C16H20N2O/c1-11(2)13-9-8-12(3)14(10-13)19-16-7-5-6-15(17-4)18-16/h5-11H,1-4H3,(H,17,18). The number of anilines is 1. The summed E-state index contributed by atoms with van der Waals surface area (Å²) in [6.45, 7) is 6.39. The summed E-state index contributed by atoms with van der Waals surface area (Å²) in [5.41, 5.74) is 2.38. The van der Waals surface area contributed by atoms with Crippen molar-refractivity contribution in [3.05, 3.63) is 47.5 Å². The van der Waals surface area contributed by atoms with E-state index in [9.17, 15) is 0 Å². The van der Waals surface area contributed by atoms with Gasteiger partial charge in [-0.25, -0.2) is 0 Å². The third-order valence-electron chi connectivity index (χ3n) is 3.07. The number of pyridine rings is 1. The molecular formula is C16H20N2O. The third-order valence-corrected chi connectivity index (χ3v) is 3.07. The van der Waals surface area contributed by atoms with E-state index in [1.807, 2.05) is 32.2 Å². The zero-order chi connectivity index (χ0) is 13.8. The summed E-state index contributed by atoms with van der Waals surface area (Å²) in [6, 6.07) is 12.0. The van der Waals surface area contributed by atoms with Gasteiger partial charge >= 0.3 is 0 Å². The van der Waals surface area contributed by atoms with Crippen molar-refractivity contribution in [1.29, 1.82) is 0 Å². The lowest BCUT2D eigenvalue weighted by atomic mass is 10.0. The summed E-state index contributed by atoms with van der Waals surface area (Å²) < 4.78 is 5.89. The molecule has 0 unspecified atom stereocenters. The molecule has 0 fully saturated rings. The van der Waals surface area contributed by atoms with E-state index in [-0.39, 0.29) is 0 Å². The molecule has 0 aliphatic carbocycles. The van der Waals surface area contributed by atoms with Gasteiger partial charge in [-0.05, 0) is 36.1 Å². The Morgan fingerprint density at radius 1 is 1.16 bits per heavy atom. The molecule has 0 saturated heterocycles. The Morgan fingerprint density at radius 2 is 1.95 bits per heavy atom. The first-order valence-corrected chi connectivity index (χ1v) is 6.53. The minimum absolute atomic E-state index is 0.486. The van der Waals surface area contributed by atoms with Crippen molar-refractivity contribution in [2.45, 2.75) is 26.7 Å². The Kier molecular flexibility index (Phi) is 4.05. The van der Waals surface area contributed by atoms with Crippen molar-refractivity contribution < 1.29 is 4.74 Å². The molecular weight excluding hydrogens is 236 g/mol. The van der Waals surface area contributed by atoms with E-state index in [4.69, 9.17) is 4.74 Å². The second-order valence-electron chi connectivity index (χ2n) is 4.89. The van der Waals surface area contributed by atoms with Crippen molar-refractivity contribution in [3.8, 4) is 11.6 Å². The van der Waals surface area contributed by atoms with Gasteiger partial charge in [-0.15, -0.1) is 0 Å². The molecule has 0 saturated carbocycles. The van der Waals surface area contributed by atoms with Gasteiger partial charge in [-0.2, -0.15) is 4.98 Å². The van der Waals surface area contributed by atoms with Crippen LogP contribution in [0.5, 0.6) is 11.6 Å². The number of rotatable bonds is 4. The first-order valence-electron chi connectivity index (χ1n) is 6.53. The Labute approximate surface area is 114 Å². The number of nitrogens with zero attached hydrogens (tertiary/aromatic N) is 1. The van der Waals surface area contributed by atoms with Gasteiger partial charge in [0.25, 0.3) is 0 Å². The lowest BCUT2D eigenvalue weighted by Crippen LogP contribution is -1.96. The molecule has 1 aromatic heterocycles. The highest BCUT2D eigenvalue weighted by atomic mass is 16.5. The highest BCUT2D eigenvalue weighted by Crippen LogP contribution is 2.28. The van der Waals surface area contributed by atoms with Gasteiger partial charge in [-0.1, -0.05) is 32.0 Å². The number of aromatic nitrogens is 1. The van der Waals surface area contributed by atoms with Crippen LogP contribution < -0.4 is 10.1 Å². The Bertz CT molecular complexity index is 564. The van der Waals surface area contributed by atoms with Crippen LogP contribution in [0.4, 0.5) is 5.82 Å². The van der Waals surface area contributed by atoms with Crippen LogP contribution in [0.2, 0.25) is 0 Å². The van der Waals surface area contributed by atoms with Crippen LogP contribution in [-0.2, 0) is 0 Å². The maximum Gasteiger partial charge on any atom is 0.221 e. The number of aryl methyl sites for hydroxylation is 1. The molecule has 3 heteroatoms. The third kappa shape index (κ3) is 3.25. The van der Waals surface area contributed by atoms with E-state index in [1.165, 1.54) is 5.56 Å². The molecule has 0 atom stereocenters. The molecule has 1 heterocycles. The van der Waals surface area contributed by atoms with Gasteiger partial charge in [0.2, 0.25) is 5.88 Å². The maximum atomic E-state index is 5.89. The first kappa shape index (κ1) is 13.4. The van der Waals surface area contributed by atoms with Crippen LogP contribution in [0.3, 0.4) is 0 Å². The molecule has 19 heavy (non-hydrogen) atoms. The number of hydrogen-bond acceptors (Lipinski definition) is 3. The quantitative estimate of drug-likeness (QED) is 0.883. The van der Waals surface area contributed by atoms with Crippen molar-refractivity contribution in [1.82, 2.24) is 4.98 Å². The predicted molar refractivity (Wildman–Crippen MR) is 79.1 cm³/mol. The Hall–Kier alpha value is -2.03. The smallest absolute Gasteiger partial charge is 0.221 e. The van der Waals surface area contributed by atoms with Gasteiger partial charge < -0.3 is 10.1 Å². The normalized spacial score (nSPS) is 10.6. The first-order chi connectivity index (χ1) is 9.10. The molecule has 0 spiro atoms. The SMILES string of the molecule is CNc1cccc(Oc2cc(C(C)C)ccc2C)n1. The minimum Gasteiger partial charge on any atom is -0.439 e. The van der Waals surface area contributed by atoms with Gasteiger partial charge in [0.15, 0.2) is 0 Å². The summed E-state index contributed by atoms with van der Waals surface area (Å²) >= 11 is 0. The fourth-order valence-corrected chi connectivity index (χ4v) is 1.81. The number of benzene rings is 1. The molecule has 0 aliphatic rings. The summed E-state index contributed by atoms with van der Waals surface area (Å²) in [7, 11) is 1.84.